The first-order chi connectivity index (χ1) is 17.6. The molecule has 3 aliphatic rings. The van der Waals surface area contributed by atoms with Gasteiger partial charge in [-0.2, -0.15) is 0 Å². The standard InChI is InChI=1S/C28H23N3O4S/c32-22-11-12-30-26(27(22)33)28(34)29-13-14-35-15-24(29)31(30)25-19-10-9-17-5-1-2-6-18(17)21(19)16-36-23-8-4-3-7-20(23)25/h1-12,24-25,33H,13-16H2. The van der Waals surface area contributed by atoms with Gasteiger partial charge in [0, 0.05) is 29.5 Å². The van der Waals surface area contributed by atoms with E-state index < -0.39 is 17.3 Å². The Morgan fingerprint density at radius 3 is 2.69 bits per heavy atom. The van der Waals surface area contributed by atoms with Crippen LogP contribution in [0.4, 0.5) is 0 Å². The molecule has 1 saturated heterocycles. The van der Waals surface area contributed by atoms with Crippen LogP contribution in [-0.2, 0) is 10.5 Å². The fraction of sp³-hybridized carbons (Fsp3) is 0.214. The van der Waals surface area contributed by atoms with Gasteiger partial charge in [-0.15, -0.1) is 11.8 Å². The Morgan fingerprint density at radius 1 is 0.944 bits per heavy atom. The summed E-state index contributed by atoms with van der Waals surface area (Å²) in [5.74, 6) is -0.0679. The maximum Gasteiger partial charge on any atom is 0.278 e. The minimum atomic E-state index is -0.565. The van der Waals surface area contributed by atoms with Crippen molar-refractivity contribution in [1.82, 2.24) is 9.58 Å². The van der Waals surface area contributed by atoms with Gasteiger partial charge in [-0.05, 0) is 33.5 Å². The summed E-state index contributed by atoms with van der Waals surface area (Å²) in [4.78, 5) is 28.8. The fourth-order valence-electron chi connectivity index (χ4n) is 5.74. The number of ether oxygens (including phenoxy) is 1. The Kier molecular flexibility index (Phi) is 4.87. The number of amides is 1. The molecule has 1 aromatic heterocycles. The van der Waals surface area contributed by atoms with E-state index in [0.29, 0.717) is 19.8 Å². The lowest BCUT2D eigenvalue weighted by Crippen LogP contribution is -2.66. The van der Waals surface area contributed by atoms with Gasteiger partial charge in [0.2, 0.25) is 5.43 Å². The predicted molar refractivity (Wildman–Crippen MR) is 138 cm³/mol. The number of benzene rings is 3. The van der Waals surface area contributed by atoms with E-state index in [1.807, 2.05) is 18.2 Å². The molecule has 0 radical (unpaired) electrons. The van der Waals surface area contributed by atoms with Crippen LogP contribution in [0.5, 0.6) is 5.75 Å². The van der Waals surface area contributed by atoms with Crippen molar-refractivity contribution in [3.63, 3.8) is 0 Å². The quantitative estimate of drug-likeness (QED) is 0.431. The minimum absolute atomic E-state index is 0.00243. The molecule has 4 heterocycles. The molecule has 3 aliphatic heterocycles. The average Bonchev–Trinajstić information content (AvgIpc) is 3.08. The van der Waals surface area contributed by atoms with Crippen molar-refractivity contribution in [2.75, 3.05) is 24.8 Å². The van der Waals surface area contributed by atoms with E-state index in [2.05, 4.69) is 47.5 Å². The topological polar surface area (TPSA) is 75.0 Å². The van der Waals surface area contributed by atoms with Crippen LogP contribution in [0.3, 0.4) is 0 Å². The van der Waals surface area contributed by atoms with Crippen molar-refractivity contribution in [2.45, 2.75) is 22.9 Å². The Morgan fingerprint density at radius 2 is 1.78 bits per heavy atom. The number of aromatic hydroxyl groups is 1. The Hall–Kier alpha value is -3.75. The summed E-state index contributed by atoms with van der Waals surface area (Å²) < 4.78 is 7.55. The predicted octanol–water partition coefficient (Wildman–Crippen LogP) is 3.85. The van der Waals surface area contributed by atoms with E-state index >= 15 is 0 Å². The number of hydrogen-bond donors (Lipinski definition) is 1. The molecule has 1 amide bonds. The van der Waals surface area contributed by atoms with Crippen LogP contribution < -0.4 is 10.4 Å². The van der Waals surface area contributed by atoms with Crippen molar-refractivity contribution in [3.05, 3.63) is 106 Å². The number of carbonyl (C=O) groups is 1. The summed E-state index contributed by atoms with van der Waals surface area (Å²) in [5.41, 5.74) is 2.92. The van der Waals surface area contributed by atoms with Gasteiger partial charge in [0.05, 0.1) is 19.3 Å². The number of morpholine rings is 1. The number of rotatable bonds is 1. The molecule has 0 bridgehead atoms. The summed E-state index contributed by atoms with van der Waals surface area (Å²) in [6.07, 6.45) is 1.20. The summed E-state index contributed by atoms with van der Waals surface area (Å²) in [7, 11) is 0. The van der Waals surface area contributed by atoms with E-state index in [0.717, 1.165) is 21.8 Å². The highest BCUT2D eigenvalue weighted by molar-refractivity contribution is 7.98. The minimum Gasteiger partial charge on any atom is -0.502 e. The van der Waals surface area contributed by atoms with E-state index in [-0.39, 0.29) is 17.6 Å². The van der Waals surface area contributed by atoms with Gasteiger partial charge in [0.15, 0.2) is 11.4 Å². The lowest BCUT2D eigenvalue weighted by Gasteiger charge is -2.51. The molecule has 1 N–H and O–H groups in total. The largest absolute Gasteiger partial charge is 0.502 e. The molecule has 7 rings (SSSR count). The van der Waals surface area contributed by atoms with Gasteiger partial charge < -0.3 is 14.7 Å². The van der Waals surface area contributed by atoms with Gasteiger partial charge in [-0.1, -0.05) is 54.6 Å². The third-order valence-corrected chi connectivity index (χ3v) is 8.51. The van der Waals surface area contributed by atoms with E-state index in [4.69, 9.17) is 4.74 Å². The first-order valence-corrected chi connectivity index (χ1v) is 13.0. The molecule has 2 unspecified atom stereocenters. The van der Waals surface area contributed by atoms with Crippen molar-refractivity contribution in [3.8, 4) is 5.75 Å². The second-order valence-electron chi connectivity index (χ2n) is 9.24. The van der Waals surface area contributed by atoms with E-state index in [1.54, 1.807) is 27.5 Å². The first kappa shape index (κ1) is 21.5. The van der Waals surface area contributed by atoms with E-state index in [9.17, 15) is 14.7 Å². The number of hydrogen-bond acceptors (Lipinski definition) is 6. The SMILES string of the molecule is O=C1c2c(O)c(=O)ccn2N(C2c3ccccc3SCc3c2ccc2ccccc32)C2COCCN12. The molecule has 2 atom stereocenters. The highest BCUT2D eigenvalue weighted by Crippen LogP contribution is 2.46. The molecule has 0 saturated carbocycles. The van der Waals surface area contributed by atoms with Gasteiger partial charge >= 0.3 is 0 Å². The van der Waals surface area contributed by atoms with Gasteiger partial charge in [0.1, 0.15) is 6.17 Å². The van der Waals surface area contributed by atoms with Gasteiger partial charge in [-0.25, -0.2) is 0 Å². The normalized spacial score (nSPS) is 20.8. The summed E-state index contributed by atoms with van der Waals surface area (Å²) >= 11 is 1.80. The summed E-state index contributed by atoms with van der Waals surface area (Å²) in [6.45, 7) is 1.12. The monoisotopic (exact) mass is 497 g/mol. The van der Waals surface area contributed by atoms with E-state index in [1.165, 1.54) is 22.4 Å². The van der Waals surface area contributed by atoms with Crippen molar-refractivity contribution in [1.29, 1.82) is 0 Å². The second kappa shape index (κ2) is 8.15. The van der Waals surface area contributed by atoms with Crippen LogP contribution in [0.25, 0.3) is 10.8 Å². The maximum atomic E-state index is 13.5. The first-order valence-electron chi connectivity index (χ1n) is 12.0. The Bertz CT molecular complexity index is 1600. The lowest BCUT2D eigenvalue weighted by molar-refractivity contribution is -0.0197. The molecule has 0 aliphatic carbocycles. The number of pyridine rings is 1. The molecule has 4 aromatic rings. The fourth-order valence-corrected chi connectivity index (χ4v) is 6.89. The van der Waals surface area contributed by atoms with Crippen LogP contribution >= 0.6 is 11.8 Å². The van der Waals surface area contributed by atoms with Gasteiger partial charge in [0.25, 0.3) is 5.91 Å². The lowest BCUT2D eigenvalue weighted by atomic mass is 9.90. The smallest absolute Gasteiger partial charge is 0.278 e. The molecule has 0 spiro atoms. The number of nitrogens with zero attached hydrogens (tertiary/aromatic N) is 3. The molecule has 1 fully saturated rings. The Balaban J connectivity index is 1.55. The zero-order valence-corrected chi connectivity index (χ0v) is 20.1. The van der Waals surface area contributed by atoms with Crippen LogP contribution in [0.2, 0.25) is 0 Å². The molecule has 180 valence electrons. The van der Waals surface area contributed by atoms with Crippen LogP contribution in [0.15, 0.2) is 82.6 Å². The highest BCUT2D eigenvalue weighted by Gasteiger charge is 2.45. The van der Waals surface area contributed by atoms with Crippen LogP contribution in [0, 0.1) is 0 Å². The number of thioether (sulfide) groups is 1. The summed E-state index contributed by atoms with van der Waals surface area (Å²) in [6, 6.07) is 22.1. The highest BCUT2D eigenvalue weighted by atomic mass is 32.2. The number of aromatic nitrogens is 1. The number of carbonyl (C=O) groups excluding carboxylic acids is 1. The van der Waals surface area contributed by atoms with Crippen molar-refractivity contribution in [2.24, 2.45) is 0 Å². The molecule has 36 heavy (non-hydrogen) atoms. The Labute approximate surface area is 211 Å². The molecule has 3 aromatic carbocycles. The second-order valence-corrected chi connectivity index (χ2v) is 10.3. The summed E-state index contributed by atoms with van der Waals surface area (Å²) in [5, 5.41) is 15.3. The molecular formula is C28H23N3O4S. The van der Waals surface area contributed by atoms with Crippen LogP contribution in [0.1, 0.15) is 33.2 Å². The van der Waals surface area contributed by atoms with Crippen molar-refractivity contribution >= 4 is 28.4 Å². The molecule has 7 nitrogen and oxygen atoms in total. The molecular weight excluding hydrogens is 474 g/mol. The zero-order chi connectivity index (χ0) is 24.4. The third-order valence-electron chi connectivity index (χ3n) is 7.40. The maximum absolute atomic E-state index is 13.5. The van der Waals surface area contributed by atoms with Gasteiger partial charge in [-0.3, -0.25) is 19.3 Å². The molecule has 8 heteroatoms. The van der Waals surface area contributed by atoms with Crippen LogP contribution in [-0.4, -0.2) is 46.5 Å². The average molecular weight is 498 g/mol. The number of fused-ring (bicyclic) bond motifs is 6. The van der Waals surface area contributed by atoms with Crippen molar-refractivity contribution < 1.29 is 14.6 Å². The third kappa shape index (κ3) is 3.04. The zero-order valence-electron chi connectivity index (χ0n) is 19.3.